The number of benzene rings is 2. The van der Waals surface area contributed by atoms with Crippen LogP contribution in [0.15, 0.2) is 48.5 Å². The van der Waals surface area contributed by atoms with Crippen molar-refractivity contribution in [3.8, 4) is 22.5 Å². The zero-order valence-electron chi connectivity index (χ0n) is 16.1. The minimum Gasteiger partial charge on any atom is -0.481 e. The highest BCUT2D eigenvalue weighted by Crippen LogP contribution is 2.37. The SMILES string of the molecule is O=C(O)CCCCCCCc1nc(-c2ccccc2Cl)c(-c2ccccc2Cl)[nH]1. The molecule has 0 unspecified atom stereocenters. The molecule has 1 aromatic heterocycles. The van der Waals surface area contributed by atoms with E-state index in [-0.39, 0.29) is 6.42 Å². The lowest BCUT2D eigenvalue weighted by atomic mass is 10.1. The summed E-state index contributed by atoms with van der Waals surface area (Å²) in [5.74, 6) is 0.181. The summed E-state index contributed by atoms with van der Waals surface area (Å²) in [5, 5.41) is 10.0. The molecule has 0 radical (unpaired) electrons. The molecule has 6 heteroatoms. The van der Waals surface area contributed by atoms with Gasteiger partial charge in [0.15, 0.2) is 0 Å². The van der Waals surface area contributed by atoms with Gasteiger partial charge in [0.25, 0.3) is 0 Å². The second-order valence-electron chi connectivity index (χ2n) is 7.03. The number of imidazole rings is 1. The van der Waals surface area contributed by atoms with Crippen molar-refractivity contribution in [2.45, 2.75) is 44.9 Å². The van der Waals surface area contributed by atoms with Crippen LogP contribution in [0.3, 0.4) is 0 Å². The Morgan fingerprint density at radius 2 is 1.45 bits per heavy atom. The summed E-state index contributed by atoms with van der Waals surface area (Å²) < 4.78 is 0. The third-order valence-electron chi connectivity index (χ3n) is 4.83. The largest absolute Gasteiger partial charge is 0.481 e. The molecule has 1 heterocycles. The van der Waals surface area contributed by atoms with Gasteiger partial charge in [0.1, 0.15) is 5.82 Å². The monoisotopic (exact) mass is 430 g/mol. The number of carboxylic acid groups (broad SMARTS) is 1. The number of aromatic amines is 1. The summed E-state index contributed by atoms with van der Waals surface area (Å²) in [7, 11) is 0. The van der Waals surface area contributed by atoms with Gasteiger partial charge in [-0.3, -0.25) is 4.79 Å². The van der Waals surface area contributed by atoms with Crippen molar-refractivity contribution < 1.29 is 9.90 Å². The lowest BCUT2D eigenvalue weighted by Crippen LogP contribution is -1.94. The van der Waals surface area contributed by atoms with E-state index in [0.29, 0.717) is 10.0 Å². The Morgan fingerprint density at radius 1 is 0.862 bits per heavy atom. The van der Waals surface area contributed by atoms with E-state index in [1.54, 1.807) is 0 Å². The highest BCUT2D eigenvalue weighted by Gasteiger charge is 2.17. The lowest BCUT2D eigenvalue weighted by molar-refractivity contribution is -0.137. The van der Waals surface area contributed by atoms with Crippen LogP contribution in [0.2, 0.25) is 10.0 Å². The standard InChI is InChI=1S/C23H24Cl2N2O2/c24-18-12-8-6-10-16(18)22-23(17-11-7-9-13-19(17)25)27-20(26-22)14-4-2-1-3-5-15-21(28)29/h6-13H,1-5,14-15H2,(H,26,27)(H,28,29). The van der Waals surface area contributed by atoms with Crippen LogP contribution in [0.1, 0.15) is 44.3 Å². The first-order valence-corrected chi connectivity index (χ1v) is 10.6. The summed E-state index contributed by atoms with van der Waals surface area (Å²) in [6, 6.07) is 15.4. The van der Waals surface area contributed by atoms with Crippen molar-refractivity contribution in [1.29, 1.82) is 0 Å². The van der Waals surface area contributed by atoms with E-state index in [0.717, 1.165) is 66.9 Å². The molecular formula is C23H24Cl2N2O2. The van der Waals surface area contributed by atoms with Crippen molar-refractivity contribution in [2.24, 2.45) is 0 Å². The summed E-state index contributed by atoms with van der Waals surface area (Å²) in [4.78, 5) is 18.8. The van der Waals surface area contributed by atoms with Crippen LogP contribution in [0.25, 0.3) is 22.5 Å². The maximum atomic E-state index is 10.6. The van der Waals surface area contributed by atoms with Gasteiger partial charge in [0.2, 0.25) is 0 Å². The first kappa shape index (κ1) is 21.4. The van der Waals surface area contributed by atoms with Crippen LogP contribution in [0.4, 0.5) is 0 Å². The Balaban J connectivity index is 1.75. The van der Waals surface area contributed by atoms with E-state index in [2.05, 4.69) is 4.98 Å². The summed E-state index contributed by atoms with van der Waals surface area (Å²) in [6.07, 6.45) is 5.82. The van der Waals surface area contributed by atoms with Gasteiger partial charge < -0.3 is 10.1 Å². The van der Waals surface area contributed by atoms with Gasteiger partial charge in [-0.2, -0.15) is 0 Å². The molecule has 3 rings (SSSR count). The number of nitrogens with one attached hydrogen (secondary N) is 1. The van der Waals surface area contributed by atoms with Crippen molar-refractivity contribution >= 4 is 29.2 Å². The highest BCUT2D eigenvalue weighted by molar-refractivity contribution is 6.34. The molecule has 0 aliphatic rings. The number of carbonyl (C=O) groups is 1. The third kappa shape index (κ3) is 5.84. The van der Waals surface area contributed by atoms with E-state index >= 15 is 0 Å². The maximum Gasteiger partial charge on any atom is 0.303 e. The number of carboxylic acids is 1. The van der Waals surface area contributed by atoms with Crippen molar-refractivity contribution in [3.05, 3.63) is 64.4 Å². The summed E-state index contributed by atoms with van der Waals surface area (Å²) >= 11 is 12.9. The van der Waals surface area contributed by atoms with Crippen LogP contribution >= 0.6 is 23.2 Å². The molecule has 0 bridgehead atoms. The van der Waals surface area contributed by atoms with Crippen molar-refractivity contribution in [3.63, 3.8) is 0 Å². The smallest absolute Gasteiger partial charge is 0.303 e. The number of hydrogen-bond donors (Lipinski definition) is 2. The maximum absolute atomic E-state index is 10.6. The van der Waals surface area contributed by atoms with Crippen molar-refractivity contribution in [1.82, 2.24) is 9.97 Å². The molecule has 0 saturated carbocycles. The topological polar surface area (TPSA) is 66.0 Å². The van der Waals surface area contributed by atoms with E-state index < -0.39 is 5.97 Å². The van der Waals surface area contributed by atoms with Gasteiger partial charge in [-0.05, 0) is 25.0 Å². The molecule has 0 saturated heterocycles. The Bertz CT molecular complexity index is 906. The molecule has 0 aliphatic carbocycles. The predicted molar refractivity (Wildman–Crippen MR) is 119 cm³/mol. The highest BCUT2D eigenvalue weighted by atomic mass is 35.5. The number of unbranched alkanes of at least 4 members (excludes halogenated alkanes) is 4. The lowest BCUT2D eigenvalue weighted by Gasteiger charge is -2.06. The van der Waals surface area contributed by atoms with Crippen LogP contribution < -0.4 is 0 Å². The molecule has 29 heavy (non-hydrogen) atoms. The zero-order valence-corrected chi connectivity index (χ0v) is 17.6. The number of nitrogens with zero attached hydrogens (tertiary/aromatic N) is 1. The molecule has 2 aromatic carbocycles. The van der Waals surface area contributed by atoms with E-state index in [4.69, 9.17) is 33.3 Å². The molecule has 2 N–H and O–H groups in total. The average molecular weight is 431 g/mol. The van der Waals surface area contributed by atoms with Crippen LogP contribution in [0.5, 0.6) is 0 Å². The number of halogens is 2. The van der Waals surface area contributed by atoms with Crippen LogP contribution in [-0.4, -0.2) is 21.0 Å². The Morgan fingerprint density at radius 3 is 2.10 bits per heavy atom. The fourth-order valence-electron chi connectivity index (χ4n) is 3.35. The fraction of sp³-hybridized carbons (Fsp3) is 0.304. The second kappa shape index (κ2) is 10.5. The van der Waals surface area contributed by atoms with Gasteiger partial charge >= 0.3 is 5.97 Å². The number of H-pyrrole nitrogens is 1. The van der Waals surface area contributed by atoms with Gasteiger partial charge in [0.05, 0.1) is 16.4 Å². The molecule has 4 nitrogen and oxygen atoms in total. The number of aliphatic carboxylic acids is 1. The average Bonchev–Trinajstić information content (AvgIpc) is 3.11. The van der Waals surface area contributed by atoms with Crippen LogP contribution in [-0.2, 0) is 11.2 Å². The fourth-order valence-corrected chi connectivity index (χ4v) is 3.80. The molecule has 3 aromatic rings. The Kier molecular flexibility index (Phi) is 7.73. The summed E-state index contributed by atoms with van der Waals surface area (Å²) in [6.45, 7) is 0. The van der Waals surface area contributed by atoms with E-state index in [9.17, 15) is 4.79 Å². The zero-order chi connectivity index (χ0) is 20.6. The number of aromatic nitrogens is 2. The molecular weight excluding hydrogens is 407 g/mol. The van der Waals surface area contributed by atoms with E-state index in [1.165, 1.54) is 0 Å². The number of aryl methyl sites for hydroxylation is 1. The predicted octanol–water partition coefficient (Wildman–Crippen LogP) is 7.02. The van der Waals surface area contributed by atoms with E-state index in [1.807, 2.05) is 48.5 Å². The van der Waals surface area contributed by atoms with Gasteiger partial charge in [0, 0.05) is 29.0 Å². The number of hydrogen-bond acceptors (Lipinski definition) is 2. The molecule has 0 fully saturated rings. The molecule has 0 amide bonds. The minimum atomic E-state index is -0.722. The first-order chi connectivity index (χ1) is 14.1. The quantitative estimate of drug-likeness (QED) is 0.339. The molecule has 0 aliphatic heterocycles. The normalized spacial score (nSPS) is 11.0. The molecule has 152 valence electrons. The first-order valence-electron chi connectivity index (χ1n) is 9.86. The van der Waals surface area contributed by atoms with Crippen LogP contribution in [0, 0.1) is 0 Å². The van der Waals surface area contributed by atoms with Gasteiger partial charge in [-0.1, -0.05) is 78.9 Å². The minimum absolute atomic E-state index is 0.251. The third-order valence-corrected chi connectivity index (χ3v) is 5.49. The Hall–Kier alpha value is -2.30. The summed E-state index contributed by atoms with van der Waals surface area (Å²) in [5.41, 5.74) is 3.46. The van der Waals surface area contributed by atoms with Crippen molar-refractivity contribution in [2.75, 3.05) is 0 Å². The molecule has 0 atom stereocenters. The second-order valence-corrected chi connectivity index (χ2v) is 7.84. The van der Waals surface area contributed by atoms with Gasteiger partial charge in [-0.25, -0.2) is 4.98 Å². The number of rotatable bonds is 10. The Labute approximate surface area is 180 Å². The molecule has 0 spiro atoms. The van der Waals surface area contributed by atoms with Gasteiger partial charge in [-0.15, -0.1) is 0 Å².